The maximum absolute atomic E-state index is 12.9. The van der Waals surface area contributed by atoms with Gasteiger partial charge in [-0.15, -0.1) is 0 Å². The van der Waals surface area contributed by atoms with Gasteiger partial charge in [0.05, 0.1) is 10.6 Å². The number of aliphatic carboxylic acids is 1. The summed E-state index contributed by atoms with van der Waals surface area (Å²) in [4.78, 5) is 42.0. The van der Waals surface area contributed by atoms with Gasteiger partial charge in [-0.05, 0) is 25.8 Å². The fourth-order valence-corrected chi connectivity index (χ4v) is 3.48. The molecule has 8 nitrogen and oxygen atoms in total. The fourth-order valence-electron chi connectivity index (χ4n) is 2.45. The van der Waals surface area contributed by atoms with E-state index < -0.39 is 5.97 Å². The number of aryl methyl sites for hydroxylation is 1. The summed E-state index contributed by atoms with van der Waals surface area (Å²) < 4.78 is 1.16. The molecule has 3 rings (SSSR count). The molecule has 1 amide bonds. The third-order valence-corrected chi connectivity index (χ3v) is 4.92. The normalized spacial score (nSPS) is 13.8. The van der Waals surface area contributed by atoms with Gasteiger partial charge in [0.2, 0.25) is 0 Å². The molecule has 0 atom stereocenters. The quantitative estimate of drug-likeness (QED) is 0.797. The fraction of sp³-hybridized carbons (Fsp3) is 0.400. The molecule has 24 heavy (non-hydrogen) atoms. The Hall–Kier alpha value is -2.55. The van der Waals surface area contributed by atoms with Crippen LogP contribution >= 0.6 is 11.3 Å². The van der Waals surface area contributed by atoms with Crippen molar-refractivity contribution in [3.8, 4) is 0 Å². The third kappa shape index (κ3) is 3.07. The molecule has 1 N–H and O–H groups in total. The van der Waals surface area contributed by atoms with Crippen molar-refractivity contribution in [3.05, 3.63) is 28.5 Å². The second-order valence-corrected chi connectivity index (χ2v) is 6.62. The van der Waals surface area contributed by atoms with Gasteiger partial charge < -0.3 is 5.11 Å². The molecule has 2 heterocycles. The van der Waals surface area contributed by atoms with Crippen LogP contribution in [0, 0.1) is 6.92 Å². The number of carbonyl (C=O) groups excluding carboxylic acids is 2. The van der Waals surface area contributed by atoms with Crippen molar-refractivity contribution in [1.82, 2.24) is 14.8 Å². The molecule has 2 aromatic rings. The van der Waals surface area contributed by atoms with Crippen molar-refractivity contribution >= 4 is 34.1 Å². The van der Waals surface area contributed by atoms with E-state index in [0.717, 1.165) is 17.5 Å². The van der Waals surface area contributed by atoms with Crippen LogP contribution in [0.3, 0.4) is 0 Å². The lowest BCUT2D eigenvalue weighted by Gasteiger charge is -2.19. The highest BCUT2D eigenvalue weighted by molar-refractivity contribution is 7.17. The van der Waals surface area contributed by atoms with Crippen LogP contribution in [0.4, 0.5) is 5.13 Å². The van der Waals surface area contributed by atoms with E-state index in [4.69, 9.17) is 5.11 Å². The first-order valence-corrected chi connectivity index (χ1v) is 8.25. The molecule has 0 bridgehead atoms. The Morgan fingerprint density at radius 2 is 2.12 bits per heavy atom. The summed E-state index contributed by atoms with van der Waals surface area (Å²) in [6.07, 6.45) is 3.11. The summed E-state index contributed by atoms with van der Waals surface area (Å²) in [6.45, 7) is 2.82. The highest BCUT2D eigenvalue weighted by atomic mass is 32.1. The van der Waals surface area contributed by atoms with Crippen LogP contribution in [0.15, 0.2) is 12.3 Å². The standard InChI is InChI=1S/C15H16N4O4S/c1-8-13(9(2)20)24-15(17-8)19(10-3-4-10)14(23)11-5-6-16-18(11)7-12(21)22/h5-6,10H,3-4,7H2,1-2H3,(H,21,22). The van der Waals surface area contributed by atoms with Crippen molar-refractivity contribution < 1.29 is 19.5 Å². The van der Waals surface area contributed by atoms with Crippen LogP contribution in [0.5, 0.6) is 0 Å². The number of rotatable bonds is 6. The Bertz CT molecular complexity index is 821. The van der Waals surface area contributed by atoms with E-state index in [0.29, 0.717) is 15.7 Å². The smallest absolute Gasteiger partial charge is 0.325 e. The number of carboxylic acids is 1. The van der Waals surface area contributed by atoms with E-state index >= 15 is 0 Å². The Morgan fingerprint density at radius 3 is 2.67 bits per heavy atom. The lowest BCUT2D eigenvalue weighted by molar-refractivity contribution is -0.137. The third-order valence-electron chi connectivity index (χ3n) is 3.66. The van der Waals surface area contributed by atoms with Gasteiger partial charge in [0.1, 0.15) is 12.2 Å². The van der Waals surface area contributed by atoms with E-state index in [9.17, 15) is 14.4 Å². The van der Waals surface area contributed by atoms with E-state index in [1.54, 1.807) is 11.8 Å². The average Bonchev–Trinajstić information content (AvgIpc) is 3.08. The topological polar surface area (TPSA) is 105 Å². The van der Waals surface area contributed by atoms with Crippen LogP contribution in [0.25, 0.3) is 0 Å². The monoisotopic (exact) mass is 348 g/mol. The molecule has 1 aliphatic carbocycles. The Balaban J connectivity index is 1.96. The molecule has 0 saturated heterocycles. The van der Waals surface area contributed by atoms with Crippen molar-refractivity contribution in [1.29, 1.82) is 0 Å². The lowest BCUT2D eigenvalue weighted by atomic mass is 10.3. The van der Waals surface area contributed by atoms with Gasteiger partial charge in [0, 0.05) is 19.2 Å². The first-order valence-electron chi connectivity index (χ1n) is 7.44. The maximum Gasteiger partial charge on any atom is 0.325 e. The number of thiazole rings is 1. The minimum absolute atomic E-state index is 0.0241. The number of carbonyl (C=O) groups is 3. The minimum Gasteiger partial charge on any atom is -0.480 e. The zero-order valence-electron chi connectivity index (χ0n) is 13.2. The molecule has 0 radical (unpaired) electrons. The van der Waals surface area contributed by atoms with Gasteiger partial charge in [-0.2, -0.15) is 5.10 Å². The van der Waals surface area contributed by atoms with Crippen molar-refractivity contribution in [2.24, 2.45) is 0 Å². The minimum atomic E-state index is -1.07. The molecule has 0 aromatic carbocycles. The molecule has 1 saturated carbocycles. The van der Waals surface area contributed by atoms with Gasteiger partial charge in [0.25, 0.3) is 5.91 Å². The first kappa shape index (κ1) is 16.3. The predicted octanol–water partition coefficient (Wildman–Crippen LogP) is 1.74. The van der Waals surface area contributed by atoms with Crippen LogP contribution in [0.1, 0.15) is 45.6 Å². The Labute approximate surface area is 141 Å². The zero-order chi connectivity index (χ0) is 17.4. The number of ketones is 1. The molecule has 0 unspecified atom stereocenters. The van der Waals surface area contributed by atoms with Crippen LogP contribution in [-0.4, -0.2) is 43.6 Å². The summed E-state index contributed by atoms with van der Waals surface area (Å²) in [5.41, 5.74) is 0.793. The second kappa shape index (κ2) is 6.16. The van der Waals surface area contributed by atoms with Gasteiger partial charge >= 0.3 is 5.97 Å². The van der Waals surface area contributed by atoms with E-state index in [1.807, 2.05) is 0 Å². The van der Waals surface area contributed by atoms with Gasteiger partial charge in [-0.1, -0.05) is 11.3 Å². The second-order valence-electron chi connectivity index (χ2n) is 5.64. The van der Waals surface area contributed by atoms with Crippen LogP contribution in [0.2, 0.25) is 0 Å². The molecular weight excluding hydrogens is 332 g/mol. The van der Waals surface area contributed by atoms with Crippen molar-refractivity contribution in [2.45, 2.75) is 39.3 Å². The van der Waals surface area contributed by atoms with Gasteiger partial charge in [-0.3, -0.25) is 19.3 Å². The number of amides is 1. The van der Waals surface area contributed by atoms with E-state index in [-0.39, 0.29) is 30.0 Å². The number of anilines is 1. The number of hydrogen-bond donors (Lipinski definition) is 1. The summed E-state index contributed by atoms with van der Waals surface area (Å²) >= 11 is 1.19. The Kier molecular flexibility index (Phi) is 4.18. The molecule has 2 aromatic heterocycles. The van der Waals surface area contributed by atoms with E-state index in [2.05, 4.69) is 10.1 Å². The SMILES string of the molecule is CC(=O)c1sc(N(C(=O)c2ccnn2CC(=O)O)C2CC2)nc1C. The first-order chi connectivity index (χ1) is 11.4. The van der Waals surface area contributed by atoms with Crippen molar-refractivity contribution in [3.63, 3.8) is 0 Å². The summed E-state index contributed by atoms with van der Waals surface area (Å²) in [5.74, 6) is -1.51. The molecule has 1 fully saturated rings. The Morgan fingerprint density at radius 1 is 1.42 bits per heavy atom. The lowest BCUT2D eigenvalue weighted by Crippen LogP contribution is -2.35. The van der Waals surface area contributed by atoms with E-state index in [1.165, 1.54) is 30.5 Å². The summed E-state index contributed by atoms with van der Waals surface area (Å²) in [6, 6.07) is 1.52. The molecule has 0 spiro atoms. The van der Waals surface area contributed by atoms with Crippen LogP contribution < -0.4 is 4.90 Å². The van der Waals surface area contributed by atoms with Gasteiger partial charge in [-0.25, -0.2) is 9.67 Å². The molecule has 1 aliphatic rings. The van der Waals surface area contributed by atoms with Crippen molar-refractivity contribution in [2.75, 3.05) is 4.90 Å². The average molecular weight is 348 g/mol. The summed E-state index contributed by atoms with van der Waals surface area (Å²) in [7, 11) is 0. The summed E-state index contributed by atoms with van der Waals surface area (Å²) in [5, 5.41) is 13.3. The van der Waals surface area contributed by atoms with Gasteiger partial charge in [0.15, 0.2) is 10.9 Å². The largest absolute Gasteiger partial charge is 0.480 e. The number of Topliss-reactive ketones (excluding diaryl/α,β-unsaturated/α-hetero) is 1. The highest BCUT2D eigenvalue weighted by Crippen LogP contribution is 2.36. The molecule has 126 valence electrons. The zero-order valence-corrected chi connectivity index (χ0v) is 14.0. The number of hydrogen-bond acceptors (Lipinski definition) is 6. The number of nitrogens with zero attached hydrogens (tertiary/aromatic N) is 4. The highest BCUT2D eigenvalue weighted by Gasteiger charge is 2.37. The number of carboxylic acid groups (broad SMARTS) is 1. The molecule has 9 heteroatoms. The van der Waals surface area contributed by atoms with Crippen LogP contribution in [-0.2, 0) is 11.3 Å². The molecule has 0 aliphatic heterocycles. The maximum atomic E-state index is 12.9. The molecular formula is C15H16N4O4S. The predicted molar refractivity (Wildman–Crippen MR) is 86.5 cm³/mol. The number of aromatic nitrogens is 3.